The molecule has 1 amide bonds. The number of pyridine rings is 1. The Bertz CT molecular complexity index is 1410. The zero-order valence-corrected chi connectivity index (χ0v) is 22.3. The molecule has 2 aromatic carbocycles. The van der Waals surface area contributed by atoms with Crippen LogP contribution in [0.5, 0.6) is 0 Å². The molecule has 0 saturated carbocycles. The van der Waals surface area contributed by atoms with Gasteiger partial charge < -0.3 is 15.0 Å². The van der Waals surface area contributed by atoms with E-state index >= 15 is 0 Å². The number of piperidine rings is 1. The summed E-state index contributed by atoms with van der Waals surface area (Å²) >= 11 is 0. The first-order chi connectivity index (χ1) is 18.3. The van der Waals surface area contributed by atoms with Crippen LogP contribution >= 0.6 is 0 Å². The van der Waals surface area contributed by atoms with Crippen LogP contribution in [-0.2, 0) is 14.8 Å². The van der Waals surface area contributed by atoms with E-state index in [-0.39, 0.29) is 10.8 Å². The molecule has 1 aliphatic heterocycles. The molecule has 9 nitrogen and oxygen atoms in total. The second-order valence-electron chi connectivity index (χ2n) is 9.23. The lowest BCUT2D eigenvalue weighted by Gasteiger charge is -2.32. The van der Waals surface area contributed by atoms with Crippen molar-refractivity contribution < 1.29 is 17.9 Å². The van der Waals surface area contributed by atoms with Crippen LogP contribution in [-0.4, -0.2) is 57.6 Å². The zero-order valence-electron chi connectivity index (χ0n) is 21.5. The molecule has 2 heterocycles. The third kappa shape index (κ3) is 6.49. The predicted molar refractivity (Wildman–Crippen MR) is 146 cm³/mol. The second kappa shape index (κ2) is 12.1. The highest BCUT2D eigenvalue weighted by molar-refractivity contribution is 7.92. The van der Waals surface area contributed by atoms with Gasteiger partial charge in [0.2, 0.25) is 0 Å². The SMILES string of the molecule is COCCNc1ccc(S(=O)(=O)Nc2cc(C(=O)N3CCC(c4ccc(C#N)cc4)CC3)ccc2C)cn1. The largest absolute Gasteiger partial charge is 0.383 e. The lowest BCUT2D eigenvalue weighted by molar-refractivity contribution is 0.0713. The van der Waals surface area contributed by atoms with Gasteiger partial charge in [-0.3, -0.25) is 9.52 Å². The van der Waals surface area contributed by atoms with E-state index < -0.39 is 10.0 Å². The summed E-state index contributed by atoms with van der Waals surface area (Å²) in [5, 5.41) is 12.0. The lowest BCUT2D eigenvalue weighted by atomic mass is 9.89. The minimum Gasteiger partial charge on any atom is -0.383 e. The van der Waals surface area contributed by atoms with Crippen molar-refractivity contribution in [1.29, 1.82) is 5.26 Å². The van der Waals surface area contributed by atoms with Crippen molar-refractivity contribution >= 4 is 27.4 Å². The van der Waals surface area contributed by atoms with Gasteiger partial charge in [-0.2, -0.15) is 5.26 Å². The van der Waals surface area contributed by atoms with Crippen molar-refractivity contribution in [3.8, 4) is 6.07 Å². The van der Waals surface area contributed by atoms with Crippen LogP contribution in [0.4, 0.5) is 11.5 Å². The number of amides is 1. The van der Waals surface area contributed by atoms with E-state index in [9.17, 15) is 13.2 Å². The van der Waals surface area contributed by atoms with Crippen LogP contribution in [0.2, 0.25) is 0 Å². The average molecular weight is 534 g/mol. The second-order valence-corrected chi connectivity index (χ2v) is 10.9. The number of sulfonamides is 1. The lowest BCUT2D eigenvalue weighted by Crippen LogP contribution is -2.38. The van der Waals surface area contributed by atoms with Crippen LogP contribution in [0.1, 0.15) is 45.8 Å². The quantitative estimate of drug-likeness (QED) is 0.396. The number of carbonyl (C=O) groups is 1. The van der Waals surface area contributed by atoms with Crippen molar-refractivity contribution in [2.45, 2.75) is 30.6 Å². The van der Waals surface area contributed by atoms with E-state index in [1.807, 2.05) is 29.2 Å². The van der Waals surface area contributed by atoms with E-state index in [1.54, 1.807) is 38.3 Å². The highest BCUT2D eigenvalue weighted by Crippen LogP contribution is 2.29. The van der Waals surface area contributed by atoms with Gasteiger partial charge in [-0.25, -0.2) is 13.4 Å². The number of aryl methyl sites for hydroxylation is 1. The van der Waals surface area contributed by atoms with Crippen molar-refractivity contribution in [3.63, 3.8) is 0 Å². The summed E-state index contributed by atoms with van der Waals surface area (Å²) < 4.78 is 33.6. The Morgan fingerprint density at radius 1 is 1.13 bits per heavy atom. The fourth-order valence-corrected chi connectivity index (χ4v) is 5.49. The van der Waals surface area contributed by atoms with Crippen molar-refractivity contribution in [2.24, 2.45) is 0 Å². The molecule has 38 heavy (non-hydrogen) atoms. The first-order valence-electron chi connectivity index (χ1n) is 12.4. The molecule has 3 aromatic rings. The molecular formula is C28H31N5O4S. The van der Waals surface area contributed by atoms with Crippen LogP contribution in [0.3, 0.4) is 0 Å². The fraction of sp³-hybridized carbons (Fsp3) is 0.321. The van der Waals surface area contributed by atoms with Gasteiger partial charge in [-0.05, 0) is 73.2 Å². The number of likely N-dealkylation sites (tertiary alicyclic amines) is 1. The van der Waals surface area contributed by atoms with Gasteiger partial charge in [0.15, 0.2) is 0 Å². The monoisotopic (exact) mass is 533 g/mol. The van der Waals surface area contributed by atoms with E-state index in [1.165, 1.54) is 17.8 Å². The minimum atomic E-state index is -3.90. The molecule has 0 aliphatic carbocycles. The molecule has 0 radical (unpaired) electrons. The molecule has 0 spiro atoms. The van der Waals surface area contributed by atoms with Gasteiger partial charge in [0.05, 0.1) is 23.9 Å². The number of nitrogens with one attached hydrogen (secondary N) is 2. The fourth-order valence-electron chi connectivity index (χ4n) is 4.42. The molecule has 10 heteroatoms. The number of hydrogen-bond acceptors (Lipinski definition) is 7. The Morgan fingerprint density at radius 3 is 2.50 bits per heavy atom. The van der Waals surface area contributed by atoms with E-state index in [2.05, 4.69) is 21.1 Å². The highest BCUT2D eigenvalue weighted by atomic mass is 32.2. The molecule has 0 bridgehead atoms. The Labute approximate surface area is 223 Å². The number of anilines is 2. The maximum atomic E-state index is 13.3. The Morgan fingerprint density at radius 2 is 1.87 bits per heavy atom. The standard InChI is InChI=1S/C28H31N5O4S/c1-20-3-6-24(28(34)33-14-11-23(12-15-33)22-7-4-21(18-29)5-8-22)17-26(20)32-38(35,36)25-9-10-27(31-19-25)30-13-16-37-2/h3-10,17,19,23,32H,11-16H2,1-2H3,(H,30,31). The topological polar surface area (TPSA) is 124 Å². The number of carbonyl (C=O) groups excluding carboxylic acids is 1. The number of benzene rings is 2. The predicted octanol–water partition coefficient (Wildman–Crippen LogP) is 4.14. The normalized spacial score (nSPS) is 14.1. The van der Waals surface area contributed by atoms with Crippen molar-refractivity contribution in [3.05, 3.63) is 83.0 Å². The van der Waals surface area contributed by atoms with Crippen molar-refractivity contribution in [1.82, 2.24) is 9.88 Å². The third-order valence-electron chi connectivity index (χ3n) is 6.68. The Hall–Kier alpha value is -3.94. The molecule has 1 aliphatic rings. The van der Waals surface area contributed by atoms with Crippen LogP contribution in [0.25, 0.3) is 0 Å². The molecule has 0 unspecified atom stereocenters. The zero-order chi connectivity index (χ0) is 27.1. The summed E-state index contributed by atoms with van der Waals surface area (Å²) in [6.07, 6.45) is 2.94. The van der Waals surface area contributed by atoms with Gasteiger partial charge >= 0.3 is 0 Å². The summed E-state index contributed by atoms with van der Waals surface area (Å²) in [5.41, 5.74) is 3.30. The van der Waals surface area contributed by atoms with Gasteiger partial charge in [0.25, 0.3) is 15.9 Å². The number of hydrogen-bond donors (Lipinski definition) is 2. The minimum absolute atomic E-state index is 0.0239. The van der Waals surface area contributed by atoms with Crippen LogP contribution in [0.15, 0.2) is 65.7 Å². The summed E-state index contributed by atoms with van der Waals surface area (Å²) in [7, 11) is -2.30. The van der Waals surface area contributed by atoms with Gasteiger partial charge in [0.1, 0.15) is 10.7 Å². The molecule has 1 fully saturated rings. The van der Waals surface area contributed by atoms with Crippen LogP contribution in [0, 0.1) is 18.3 Å². The Balaban J connectivity index is 1.41. The number of methoxy groups -OCH3 is 1. The molecule has 198 valence electrons. The summed E-state index contributed by atoms with van der Waals surface area (Å²) in [5.74, 6) is 0.756. The van der Waals surface area contributed by atoms with E-state index in [0.29, 0.717) is 60.4 Å². The van der Waals surface area contributed by atoms with Gasteiger partial charge in [-0.15, -0.1) is 0 Å². The molecule has 2 N–H and O–H groups in total. The average Bonchev–Trinajstić information content (AvgIpc) is 2.94. The van der Waals surface area contributed by atoms with Crippen molar-refractivity contribution in [2.75, 3.05) is 43.4 Å². The number of rotatable bonds is 9. The number of nitriles is 1. The van der Waals surface area contributed by atoms with Gasteiger partial charge in [0, 0.05) is 38.5 Å². The first kappa shape index (κ1) is 27.1. The van der Waals surface area contributed by atoms with Crippen LogP contribution < -0.4 is 10.0 Å². The Kier molecular flexibility index (Phi) is 8.61. The third-order valence-corrected chi connectivity index (χ3v) is 8.03. The molecule has 1 aromatic heterocycles. The smallest absolute Gasteiger partial charge is 0.263 e. The molecule has 0 atom stereocenters. The molecule has 1 saturated heterocycles. The highest BCUT2D eigenvalue weighted by Gasteiger charge is 2.25. The number of ether oxygens (including phenoxy) is 1. The maximum Gasteiger partial charge on any atom is 0.263 e. The van der Waals surface area contributed by atoms with E-state index in [0.717, 1.165) is 12.8 Å². The number of aromatic nitrogens is 1. The summed E-state index contributed by atoms with van der Waals surface area (Å²) in [6, 6.07) is 17.9. The summed E-state index contributed by atoms with van der Waals surface area (Å²) in [4.78, 5) is 19.3. The summed E-state index contributed by atoms with van der Waals surface area (Å²) in [6.45, 7) is 4.06. The maximum absolute atomic E-state index is 13.3. The number of nitrogens with zero attached hydrogens (tertiary/aromatic N) is 3. The molecule has 4 rings (SSSR count). The molecular weight excluding hydrogens is 502 g/mol. The first-order valence-corrected chi connectivity index (χ1v) is 13.9. The van der Waals surface area contributed by atoms with Gasteiger partial charge in [-0.1, -0.05) is 18.2 Å². The van der Waals surface area contributed by atoms with E-state index in [4.69, 9.17) is 10.00 Å².